The molecule has 128 valence electrons. The summed E-state index contributed by atoms with van der Waals surface area (Å²) in [5.74, 6) is 0.129. The van der Waals surface area contributed by atoms with Crippen molar-refractivity contribution >= 4 is 21.6 Å². The summed E-state index contributed by atoms with van der Waals surface area (Å²) >= 11 is 0. The zero-order valence-corrected chi connectivity index (χ0v) is 14.5. The number of hydrogen-bond donors (Lipinski definition) is 2. The Bertz CT molecular complexity index is 605. The molecule has 1 aromatic carbocycles. The van der Waals surface area contributed by atoms with Gasteiger partial charge in [0.2, 0.25) is 15.9 Å². The van der Waals surface area contributed by atoms with E-state index in [1.54, 1.807) is 12.1 Å². The molecule has 1 aliphatic carbocycles. The number of rotatable bonds is 7. The molecule has 0 aliphatic heterocycles. The third-order valence-corrected chi connectivity index (χ3v) is 5.71. The topological polar surface area (TPSA) is 75.3 Å². The molecular formula is C17H26N2O3S. The average molecular weight is 338 g/mol. The largest absolute Gasteiger partial charge is 0.326 e. The molecule has 5 nitrogen and oxygen atoms in total. The SMILES string of the molecule is CCCCNS(=O)(=O)c1ccc(NC(=O)C2CCCCC2)cc1. The number of carbonyl (C=O) groups is 1. The number of sulfonamides is 1. The molecular weight excluding hydrogens is 312 g/mol. The first-order valence-electron chi connectivity index (χ1n) is 8.43. The summed E-state index contributed by atoms with van der Waals surface area (Å²) in [6, 6.07) is 6.36. The number of unbranched alkanes of at least 4 members (excludes halogenated alkanes) is 1. The van der Waals surface area contributed by atoms with Crippen LogP contribution < -0.4 is 10.0 Å². The number of hydrogen-bond acceptors (Lipinski definition) is 3. The van der Waals surface area contributed by atoms with Crippen molar-refractivity contribution in [2.24, 2.45) is 5.92 Å². The van der Waals surface area contributed by atoms with Gasteiger partial charge in [0.05, 0.1) is 4.90 Å². The van der Waals surface area contributed by atoms with Crippen molar-refractivity contribution in [1.29, 1.82) is 0 Å². The van der Waals surface area contributed by atoms with Gasteiger partial charge < -0.3 is 5.32 Å². The lowest BCUT2D eigenvalue weighted by Gasteiger charge is -2.20. The van der Waals surface area contributed by atoms with E-state index in [0.717, 1.165) is 38.5 Å². The van der Waals surface area contributed by atoms with Crippen LogP contribution in [-0.2, 0) is 14.8 Å². The van der Waals surface area contributed by atoms with E-state index in [4.69, 9.17) is 0 Å². The lowest BCUT2D eigenvalue weighted by Crippen LogP contribution is -2.25. The Balaban J connectivity index is 1.94. The van der Waals surface area contributed by atoms with Crippen LogP contribution in [0.2, 0.25) is 0 Å². The predicted octanol–water partition coefficient (Wildman–Crippen LogP) is 3.28. The van der Waals surface area contributed by atoms with Crippen LogP contribution in [0.4, 0.5) is 5.69 Å². The summed E-state index contributed by atoms with van der Waals surface area (Å²) in [6.45, 7) is 2.46. The predicted molar refractivity (Wildman–Crippen MR) is 91.7 cm³/mol. The summed E-state index contributed by atoms with van der Waals surface area (Å²) < 4.78 is 26.8. The number of amides is 1. The van der Waals surface area contributed by atoms with Crippen molar-refractivity contribution in [2.75, 3.05) is 11.9 Å². The second kappa shape index (κ2) is 8.45. The van der Waals surface area contributed by atoms with E-state index in [1.807, 2.05) is 6.92 Å². The molecule has 2 N–H and O–H groups in total. The van der Waals surface area contributed by atoms with Crippen molar-refractivity contribution in [1.82, 2.24) is 4.72 Å². The molecule has 0 unspecified atom stereocenters. The van der Waals surface area contributed by atoms with Gasteiger partial charge in [0.1, 0.15) is 0 Å². The van der Waals surface area contributed by atoms with E-state index in [1.165, 1.54) is 18.6 Å². The van der Waals surface area contributed by atoms with Gasteiger partial charge in [-0.05, 0) is 43.5 Å². The van der Waals surface area contributed by atoms with Gasteiger partial charge in [-0.25, -0.2) is 13.1 Å². The van der Waals surface area contributed by atoms with Gasteiger partial charge in [0.25, 0.3) is 0 Å². The quantitative estimate of drug-likeness (QED) is 0.749. The fourth-order valence-electron chi connectivity index (χ4n) is 2.79. The van der Waals surface area contributed by atoms with E-state index >= 15 is 0 Å². The highest BCUT2D eigenvalue weighted by Crippen LogP contribution is 2.25. The molecule has 6 heteroatoms. The molecule has 0 atom stereocenters. The molecule has 0 bridgehead atoms. The maximum atomic E-state index is 12.2. The van der Waals surface area contributed by atoms with Crippen molar-refractivity contribution in [3.63, 3.8) is 0 Å². The molecule has 23 heavy (non-hydrogen) atoms. The maximum Gasteiger partial charge on any atom is 0.240 e. The molecule has 1 aliphatic rings. The molecule has 1 amide bonds. The second-order valence-electron chi connectivity index (χ2n) is 6.10. The molecule has 1 aromatic rings. The van der Waals surface area contributed by atoms with Crippen LogP contribution in [0.1, 0.15) is 51.9 Å². The minimum Gasteiger partial charge on any atom is -0.326 e. The van der Waals surface area contributed by atoms with Crippen molar-refractivity contribution in [2.45, 2.75) is 56.8 Å². The van der Waals surface area contributed by atoms with Gasteiger partial charge in [-0.1, -0.05) is 32.6 Å². The Labute approximate surface area is 138 Å². The Morgan fingerprint density at radius 2 is 1.78 bits per heavy atom. The first-order chi connectivity index (χ1) is 11.0. The highest BCUT2D eigenvalue weighted by atomic mass is 32.2. The van der Waals surface area contributed by atoms with Crippen LogP contribution in [0.15, 0.2) is 29.2 Å². The third kappa shape index (κ3) is 5.32. The monoisotopic (exact) mass is 338 g/mol. The maximum absolute atomic E-state index is 12.2. The molecule has 0 heterocycles. The highest BCUT2D eigenvalue weighted by molar-refractivity contribution is 7.89. The number of carbonyl (C=O) groups excluding carboxylic acids is 1. The van der Waals surface area contributed by atoms with Crippen LogP contribution in [0.3, 0.4) is 0 Å². The second-order valence-corrected chi connectivity index (χ2v) is 7.87. The fourth-order valence-corrected chi connectivity index (χ4v) is 3.87. The summed E-state index contributed by atoms with van der Waals surface area (Å²) in [7, 11) is -3.46. The minimum absolute atomic E-state index is 0.0429. The molecule has 0 spiro atoms. The summed E-state index contributed by atoms with van der Waals surface area (Å²) in [6.07, 6.45) is 7.07. The van der Waals surface area contributed by atoms with Crippen LogP contribution in [0.5, 0.6) is 0 Å². The van der Waals surface area contributed by atoms with Gasteiger partial charge in [-0.3, -0.25) is 4.79 Å². The molecule has 0 saturated heterocycles. The number of benzene rings is 1. The lowest BCUT2D eigenvalue weighted by molar-refractivity contribution is -0.120. The summed E-state index contributed by atoms with van der Waals surface area (Å²) in [5, 5.41) is 2.89. The van der Waals surface area contributed by atoms with Crippen LogP contribution in [-0.4, -0.2) is 20.9 Å². The zero-order chi connectivity index (χ0) is 16.7. The van der Waals surface area contributed by atoms with E-state index < -0.39 is 10.0 Å². The first kappa shape index (κ1) is 17.9. The standard InChI is InChI=1S/C17H26N2O3S/c1-2-3-13-18-23(21,22)16-11-9-15(10-12-16)19-17(20)14-7-5-4-6-8-14/h9-12,14,18H,2-8,13H2,1H3,(H,19,20). The molecule has 0 aromatic heterocycles. The average Bonchev–Trinajstić information content (AvgIpc) is 2.56. The number of nitrogens with one attached hydrogen (secondary N) is 2. The van der Waals surface area contributed by atoms with Gasteiger partial charge in [-0.15, -0.1) is 0 Å². The molecule has 0 radical (unpaired) electrons. The Hall–Kier alpha value is -1.40. The van der Waals surface area contributed by atoms with Gasteiger partial charge >= 0.3 is 0 Å². The van der Waals surface area contributed by atoms with Crippen LogP contribution in [0, 0.1) is 5.92 Å². The van der Waals surface area contributed by atoms with Gasteiger partial charge in [0.15, 0.2) is 0 Å². The number of anilines is 1. The minimum atomic E-state index is -3.46. The van der Waals surface area contributed by atoms with Gasteiger partial charge in [-0.2, -0.15) is 0 Å². The van der Waals surface area contributed by atoms with E-state index in [0.29, 0.717) is 12.2 Å². The lowest BCUT2D eigenvalue weighted by atomic mass is 9.88. The Morgan fingerprint density at radius 3 is 2.39 bits per heavy atom. The molecule has 1 fully saturated rings. The van der Waals surface area contributed by atoms with Crippen molar-refractivity contribution in [3.05, 3.63) is 24.3 Å². The van der Waals surface area contributed by atoms with Crippen molar-refractivity contribution < 1.29 is 13.2 Å². The van der Waals surface area contributed by atoms with E-state index in [-0.39, 0.29) is 16.7 Å². The van der Waals surface area contributed by atoms with Gasteiger partial charge in [0, 0.05) is 18.2 Å². The fraction of sp³-hybridized carbons (Fsp3) is 0.588. The summed E-state index contributed by atoms with van der Waals surface area (Å²) in [5.41, 5.74) is 0.646. The van der Waals surface area contributed by atoms with E-state index in [9.17, 15) is 13.2 Å². The normalized spacial score (nSPS) is 16.2. The molecule has 2 rings (SSSR count). The van der Waals surface area contributed by atoms with Crippen molar-refractivity contribution in [3.8, 4) is 0 Å². The highest BCUT2D eigenvalue weighted by Gasteiger charge is 2.21. The zero-order valence-electron chi connectivity index (χ0n) is 13.7. The van der Waals surface area contributed by atoms with Crippen LogP contribution in [0.25, 0.3) is 0 Å². The van der Waals surface area contributed by atoms with E-state index in [2.05, 4.69) is 10.0 Å². The molecule has 1 saturated carbocycles. The Kier molecular flexibility index (Phi) is 6.59. The van der Waals surface area contributed by atoms with Crippen LogP contribution >= 0.6 is 0 Å². The smallest absolute Gasteiger partial charge is 0.240 e. The summed E-state index contributed by atoms with van der Waals surface area (Å²) in [4.78, 5) is 12.4. The first-order valence-corrected chi connectivity index (χ1v) is 9.92. The Morgan fingerprint density at radius 1 is 1.13 bits per heavy atom. The third-order valence-electron chi connectivity index (χ3n) is 4.23.